The molecule has 3 heterocycles. The molecular weight excluding hydrogens is 546 g/mol. The lowest BCUT2D eigenvalue weighted by Crippen LogP contribution is -2.41. The summed E-state index contributed by atoms with van der Waals surface area (Å²) in [6.07, 6.45) is 8.82. The molecule has 1 aliphatic carbocycles. The number of carbonyl (C=O) groups is 2. The minimum absolute atomic E-state index is 0.124. The number of rotatable bonds is 10. The molecule has 0 saturated heterocycles. The zero-order chi connectivity index (χ0) is 29.3. The highest BCUT2D eigenvalue weighted by atomic mass is 19.1. The first-order chi connectivity index (χ1) is 20.3. The van der Waals surface area contributed by atoms with Crippen LogP contribution in [0.3, 0.4) is 0 Å². The van der Waals surface area contributed by atoms with Crippen molar-refractivity contribution < 1.29 is 27.8 Å². The Morgan fingerprint density at radius 1 is 0.976 bits per heavy atom. The predicted octanol–water partition coefficient (Wildman–Crippen LogP) is 4.91. The highest BCUT2D eigenvalue weighted by molar-refractivity contribution is 6.16. The van der Waals surface area contributed by atoms with Crippen LogP contribution in [0.2, 0.25) is 0 Å². The van der Waals surface area contributed by atoms with Crippen molar-refractivity contribution in [3.63, 3.8) is 0 Å². The van der Waals surface area contributed by atoms with Gasteiger partial charge in [-0.3, -0.25) is 19.5 Å². The molecule has 5 aromatic rings. The van der Waals surface area contributed by atoms with Crippen molar-refractivity contribution in [2.75, 3.05) is 11.5 Å². The summed E-state index contributed by atoms with van der Waals surface area (Å²) in [6.45, 7) is 1.01. The van der Waals surface area contributed by atoms with Gasteiger partial charge in [-0.2, -0.15) is 0 Å². The fraction of sp³-hybridized carbons (Fsp3) is 0.167. The number of nitrogens with zero attached hydrogens (tertiary/aromatic N) is 5. The van der Waals surface area contributed by atoms with Crippen molar-refractivity contribution in [3.8, 4) is 17.2 Å². The summed E-state index contributed by atoms with van der Waals surface area (Å²) in [5.41, 5.74) is 5.40. The van der Waals surface area contributed by atoms with Crippen LogP contribution in [-0.2, 0) is 16.1 Å². The third-order valence-corrected chi connectivity index (χ3v) is 7.01. The van der Waals surface area contributed by atoms with E-state index in [0.717, 1.165) is 6.07 Å². The minimum Gasteiger partial charge on any atom is -0.490 e. The zero-order valence-electron chi connectivity index (χ0n) is 22.1. The second-order valence-corrected chi connectivity index (χ2v) is 9.78. The first kappa shape index (κ1) is 26.8. The number of halogens is 2. The van der Waals surface area contributed by atoms with E-state index in [-0.39, 0.29) is 35.7 Å². The van der Waals surface area contributed by atoms with Crippen LogP contribution in [0.5, 0.6) is 17.2 Å². The fourth-order valence-corrected chi connectivity index (χ4v) is 4.54. The summed E-state index contributed by atoms with van der Waals surface area (Å²) in [7, 11) is 0. The average Bonchev–Trinajstić information content (AvgIpc) is 3.65. The number of pyridine rings is 2. The van der Waals surface area contributed by atoms with E-state index in [2.05, 4.69) is 15.0 Å². The first-order valence-electron chi connectivity index (χ1n) is 13.0. The maximum absolute atomic E-state index is 15.5. The van der Waals surface area contributed by atoms with Crippen LogP contribution in [0.15, 0.2) is 85.7 Å². The third kappa shape index (κ3) is 5.21. The number of aromatic nitrogens is 4. The molecule has 0 bridgehead atoms. The quantitative estimate of drug-likeness (QED) is 0.237. The van der Waals surface area contributed by atoms with Crippen molar-refractivity contribution in [1.82, 2.24) is 19.5 Å². The van der Waals surface area contributed by atoms with Gasteiger partial charge < -0.3 is 19.8 Å². The fourth-order valence-electron chi connectivity index (χ4n) is 4.54. The Morgan fingerprint density at radius 3 is 2.45 bits per heavy atom. The lowest BCUT2D eigenvalue weighted by molar-refractivity contribution is -0.133. The molecule has 12 heteroatoms. The van der Waals surface area contributed by atoms with Gasteiger partial charge in [-0.15, -0.1) is 0 Å². The smallest absolute Gasteiger partial charge is 0.247 e. The molecule has 3 aromatic heterocycles. The van der Waals surface area contributed by atoms with Crippen LogP contribution in [0.4, 0.5) is 20.2 Å². The van der Waals surface area contributed by atoms with Crippen molar-refractivity contribution in [2.24, 2.45) is 11.1 Å². The molecule has 10 nitrogen and oxygen atoms in total. The number of ether oxygens (including phenoxy) is 2. The van der Waals surface area contributed by atoms with E-state index < -0.39 is 28.9 Å². The Balaban J connectivity index is 1.25. The standard InChI is InChI=1S/C30H24F2N6O4/c31-19-1-3-20(4-2-19)38(29(40)30(8-9-30)28(33)39)21-5-6-25(23(32)15-21)42-26-7-10-35-24-16-22(17-36-27(24)26)41-14-13-37-12-11-34-18-37/h1-7,10-12,15-18H,8-9,13-14H2,(H2,33,39). The first-order valence-corrected chi connectivity index (χ1v) is 13.0. The number of carbonyl (C=O) groups excluding carboxylic acids is 2. The molecule has 1 saturated carbocycles. The van der Waals surface area contributed by atoms with Crippen molar-refractivity contribution in [3.05, 3.63) is 97.3 Å². The normalized spacial score (nSPS) is 13.5. The number of anilines is 2. The molecule has 0 aliphatic heterocycles. The van der Waals surface area contributed by atoms with Crippen LogP contribution >= 0.6 is 0 Å². The Bertz CT molecular complexity index is 1780. The minimum atomic E-state index is -1.39. The summed E-state index contributed by atoms with van der Waals surface area (Å²) in [6, 6.07) is 12.3. The largest absolute Gasteiger partial charge is 0.490 e. The Kier molecular flexibility index (Phi) is 6.95. The van der Waals surface area contributed by atoms with Gasteiger partial charge in [0.05, 0.1) is 30.3 Å². The van der Waals surface area contributed by atoms with Crippen molar-refractivity contribution >= 4 is 34.2 Å². The van der Waals surface area contributed by atoms with Gasteiger partial charge >= 0.3 is 0 Å². The van der Waals surface area contributed by atoms with Gasteiger partial charge in [0.15, 0.2) is 17.3 Å². The number of primary amides is 1. The Morgan fingerprint density at radius 2 is 1.76 bits per heavy atom. The van der Waals surface area contributed by atoms with Gasteiger partial charge in [-0.05, 0) is 49.2 Å². The van der Waals surface area contributed by atoms with Crippen molar-refractivity contribution in [2.45, 2.75) is 19.4 Å². The summed E-state index contributed by atoms with van der Waals surface area (Å²) in [5, 5.41) is 0. The molecular formula is C30H24F2N6O4. The highest BCUT2D eigenvalue weighted by Gasteiger charge is 2.57. The van der Waals surface area contributed by atoms with Gasteiger partial charge in [-0.1, -0.05) is 0 Å². The average molecular weight is 571 g/mol. The topological polar surface area (TPSA) is 125 Å². The van der Waals surface area contributed by atoms with E-state index in [1.54, 1.807) is 24.7 Å². The number of amides is 2. The molecule has 2 aromatic carbocycles. The van der Waals surface area contributed by atoms with Crippen LogP contribution in [-0.4, -0.2) is 37.9 Å². The molecule has 0 spiro atoms. The van der Waals surface area contributed by atoms with Gasteiger partial charge in [-0.25, -0.2) is 18.7 Å². The number of hydrogen-bond donors (Lipinski definition) is 1. The van der Waals surface area contributed by atoms with E-state index in [4.69, 9.17) is 15.2 Å². The Labute approximate surface area is 238 Å². The second-order valence-electron chi connectivity index (χ2n) is 9.78. The zero-order valence-corrected chi connectivity index (χ0v) is 22.1. The lowest BCUT2D eigenvalue weighted by Gasteiger charge is -2.26. The van der Waals surface area contributed by atoms with E-state index in [1.165, 1.54) is 53.7 Å². The van der Waals surface area contributed by atoms with Crippen LogP contribution in [0.1, 0.15) is 12.8 Å². The third-order valence-electron chi connectivity index (χ3n) is 7.01. The number of benzene rings is 2. The maximum atomic E-state index is 15.5. The number of fused-ring (bicyclic) bond motifs is 1. The highest BCUT2D eigenvalue weighted by Crippen LogP contribution is 2.49. The van der Waals surface area contributed by atoms with E-state index in [1.807, 2.05) is 10.8 Å². The Hall–Kier alpha value is -5.39. The van der Waals surface area contributed by atoms with Gasteiger partial charge in [0, 0.05) is 42.5 Å². The molecule has 2 N–H and O–H groups in total. The predicted molar refractivity (Wildman–Crippen MR) is 148 cm³/mol. The van der Waals surface area contributed by atoms with E-state index in [0.29, 0.717) is 29.9 Å². The molecule has 42 heavy (non-hydrogen) atoms. The van der Waals surface area contributed by atoms with E-state index in [9.17, 15) is 14.0 Å². The summed E-state index contributed by atoms with van der Waals surface area (Å²) < 4.78 is 42.6. The van der Waals surface area contributed by atoms with Crippen LogP contribution < -0.4 is 20.1 Å². The molecule has 1 fully saturated rings. The number of imidazole rings is 1. The van der Waals surface area contributed by atoms with Crippen LogP contribution in [0, 0.1) is 17.0 Å². The molecule has 0 atom stereocenters. The van der Waals surface area contributed by atoms with Gasteiger partial charge in [0.2, 0.25) is 11.8 Å². The van der Waals surface area contributed by atoms with E-state index >= 15 is 4.39 Å². The molecule has 0 unspecified atom stereocenters. The molecule has 0 radical (unpaired) electrons. The number of hydrogen-bond acceptors (Lipinski definition) is 7. The maximum Gasteiger partial charge on any atom is 0.247 e. The van der Waals surface area contributed by atoms with Crippen molar-refractivity contribution in [1.29, 1.82) is 0 Å². The second kappa shape index (κ2) is 10.9. The molecule has 2 amide bonds. The van der Waals surface area contributed by atoms with Gasteiger partial charge in [0.25, 0.3) is 0 Å². The number of nitrogens with two attached hydrogens (primary N) is 1. The molecule has 1 aliphatic rings. The summed E-state index contributed by atoms with van der Waals surface area (Å²) in [4.78, 5) is 39.5. The summed E-state index contributed by atoms with van der Waals surface area (Å²) in [5.74, 6) is -2.02. The molecule has 6 rings (SSSR count). The summed E-state index contributed by atoms with van der Waals surface area (Å²) >= 11 is 0. The van der Waals surface area contributed by atoms with Crippen LogP contribution in [0.25, 0.3) is 11.0 Å². The SMILES string of the molecule is NC(=O)C1(C(=O)N(c2ccc(F)cc2)c2ccc(Oc3ccnc4cc(OCCn5ccnc5)cnc34)c(F)c2)CC1. The lowest BCUT2D eigenvalue weighted by atomic mass is 10.0. The molecule has 212 valence electrons. The monoisotopic (exact) mass is 570 g/mol. The van der Waals surface area contributed by atoms with Gasteiger partial charge in [0.1, 0.15) is 29.1 Å².